The maximum absolute atomic E-state index is 6.37. The Morgan fingerprint density at radius 1 is 1.20 bits per heavy atom. The zero-order chi connectivity index (χ0) is 15.3. The van der Waals surface area contributed by atoms with E-state index < -0.39 is 0 Å². The number of hydrogen-bond acceptors (Lipinski definition) is 1. The fraction of sp³-hybridized carbons (Fsp3) is 0.647. The van der Waals surface area contributed by atoms with Crippen molar-refractivity contribution in [2.75, 3.05) is 6.54 Å². The van der Waals surface area contributed by atoms with E-state index in [1.54, 1.807) is 0 Å². The molecule has 0 aromatic heterocycles. The second-order valence-electron chi connectivity index (χ2n) is 6.86. The molecule has 0 aliphatic carbocycles. The lowest BCUT2D eigenvalue weighted by Crippen LogP contribution is -2.24. The smallest absolute Gasteiger partial charge is 0.0640 e. The van der Waals surface area contributed by atoms with Crippen molar-refractivity contribution in [3.05, 3.63) is 33.8 Å². The average Bonchev–Trinajstić information content (AvgIpc) is 2.30. The maximum Gasteiger partial charge on any atom is 0.0640 e. The summed E-state index contributed by atoms with van der Waals surface area (Å²) in [5.74, 6) is 0.633. The van der Waals surface area contributed by atoms with E-state index in [0.717, 1.165) is 18.5 Å². The highest BCUT2D eigenvalue weighted by molar-refractivity contribution is 6.42. The monoisotopic (exact) mass is 315 g/mol. The largest absolute Gasteiger partial charge is 0.310 e. The normalized spacial score (nSPS) is 15.2. The van der Waals surface area contributed by atoms with Crippen LogP contribution in [0.3, 0.4) is 0 Å². The van der Waals surface area contributed by atoms with Gasteiger partial charge in [0.2, 0.25) is 0 Å². The highest BCUT2D eigenvalue weighted by Gasteiger charge is 2.21. The molecule has 0 radical (unpaired) electrons. The van der Waals surface area contributed by atoms with Crippen LogP contribution in [0.5, 0.6) is 0 Å². The van der Waals surface area contributed by atoms with E-state index in [1.807, 2.05) is 12.1 Å². The molecule has 0 aliphatic rings. The van der Waals surface area contributed by atoms with Crippen LogP contribution in [0, 0.1) is 11.3 Å². The summed E-state index contributed by atoms with van der Waals surface area (Å²) in [5, 5.41) is 4.86. The van der Waals surface area contributed by atoms with Crippen LogP contribution in [-0.2, 0) is 0 Å². The third kappa shape index (κ3) is 5.63. The second kappa shape index (κ2) is 7.68. The minimum Gasteiger partial charge on any atom is -0.310 e. The van der Waals surface area contributed by atoms with E-state index in [1.165, 1.54) is 6.42 Å². The third-order valence-corrected chi connectivity index (χ3v) is 4.24. The van der Waals surface area contributed by atoms with Crippen molar-refractivity contribution in [1.29, 1.82) is 0 Å². The van der Waals surface area contributed by atoms with Gasteiger partial charge < -0.3 is 5.32 Å². The molecular weight excluding hydrogens is 289 g/mol. The second-order valence-corrected chi connectivity index (χ2v) is 7.64. The quantitative estimate of drug-likeness (QED) is 0.668. The SMILES string of the molecule is CCNC(CC(C)CC(C)(C)C)c1cccc(Cl)c1Cl. The van der Waals surface area contributed by atoms with E-state index in [0.29, 0.717) is 21.4 Å². The predicted octanol–water partition coefficient (Wildman–Crippen LogP) is 6.11. The van der Waals surface area contributed by atoms with Crippen LogP contribution in [0.4, 0.5) is 0 Å². The maximum atomic E-state index is 6.37. The molecule has 20 heavy (non-hydrogen) atoms. The molecule has 2 atom stereocenters. The molecule has 1 N–H and O–H groups in total. The molecule has 0 aliphatic heterocycles. The van der Waals surface area contributed by atoms with Gasteiger partial charge in [-0.1, -0.05) is 70.0 Å². The minimum absolute atomic E-state index is 0.267. The van der Waals surface area contributed by atoms with Gasteiger partial charge in [-0.15, -0.1) is 0 Å². The van der Waals surface area contributed by atoms with Crippen molar-refractivity contribution in [2.24, 2.45) is 11.3 Å². The lowest BCUT2D eigenvalue weighted by Gasteiger charge is -2.28. The predicted molar refractivity (Wildman–Crippen MR) is 90.7 cm³/mol. The standard InChI is InChI=1S/C17H27Cl2N/c1-6-20-15(10-12(2)11-17(3,4)5)13-8-7-9-14(18)16(13)19/h7-9,12,15,20H,6,10-11H2,1-5H3. The summed E-state index contributed by atoms with van der Waals surface area (Å²) in [5.41, 5.74) is 1.47. The molecule has 0 heterocycles. The molecule has 3 heteroatoms. The summed E-state index contributed by atoms with van der Waals surface area (Å²) in [7, 11) is 0. The van der Waals surface area contributed by atoms with Gasteiger partial charge in [0.25, 0.3) is 0 Å². The van der Waals surface area contributed by atoms with Gasteiger partial charge in [-0.2, -0.15) is 0 Å². The van der Waals surface area contributed by atoms with Crippen molar-refractivity contribution < 1.29 is 0 Å². The third-order valence-electron chi connectivity index (χ3n) is 3.41. The van der Waals surface area contributed by atoms with Gasteiger partial charge in [-0.3, -0.25) is 0 Å². The lowest BCUT2D eigenvalue weighted by atomic mass is 9.82. The molecule has 0 spiro atoms. The molecule has 1 aromatic rings. The Kier molecular flexibility index (Phi) is 6.84. The lowest BCUT2D eigenvalue weighted by molar-refractivity contribution is 0.276. The fourth-order valence-electron chi connectivity index (χ4n) is 2.89. The summed E-state index contributed by atoms with van der Waals surface area (Å²) in [6.45, 7) is 12.2. The van der Waals surface area contributed by atoms with Gasteiger partial charge >= 0.3 is 0 Å². The Bertz CT molecular complexity index is 423. The van der Waals surface area contributed by atoms with E-state index in [9.17, 15) is 0 Å². The fourth-order valence-corrected chi connectivity index (χ4v) is 3.33. The van der Waals surface area contributed by atoms with Crippen LogP contribution in [0.15, 0.2) is 18.2 Å². The van der Waals surface area contributed by atoms with Crippen LogP contribution >= 0.6 is 23.2 Å². The number of hydrogen-bond donors (Lipinski definition) is 1. The van der Waals surface area contributed by atoms with Gasteiger partial charge in [0, 0.05) is 6.04 Å². The zero-order valence-corrected chi connectivity index (χ0v) is 14.8. The van der Waals surface area contributed by atoms with Crippen molar-refractivity contribution in [1.82, 2.24) is 5.32 Å². The Morgan fingerprint density at radius 2 is 1.85 bits per heavy atom. The van der Waals surface area contributed by atoms with Crippen LogP contribution < -0.4 is 5.32 Å². The van der Waals surface area contributed by atoms with Crippen LogP contribution in [-0.4, -0.2) is 6.54 Å². The molecule has 2 unspecified atom stereocenters. The van der Waals surface area contributed by atoms with Crippen molar-refractivity contribution in [3.63, 3.8) is 0 Å². The first-order valence-corrected chi connectivity index (χ1v) is 8.17. The summed E-state index contributed by atoms with van der Waals surface area (Å²) in [6.07, 6.45) is 2.28. The van der Waals surface area contributed by atoms with E-state index in [4.69, 9.17) is 23.2 Å². The van der Waals surface area contributed by atoms with Gasteiger partial charge in [-0.05, 0) is 42.3 Å². The van der Waals surface area contributed by atoms with Gasteiger partial charge in [0.15, 0.2) is 0 Å². The topological polar surface area (TPSA) is 12.0 Å². The molecule has 1 rings (SSSR count). The highest BCUT2D eigenvalue weighted by atomic mass is 35.5. The average molecular weight is 316 g/mol. The molecule has 0 bridgehead atoms. The number of benzene rings is 1. The molecule has 114 valence electrons. The Hall–Kier alpha value is -0.240. The van der Waals surface area contributed by atoms with Crippen molar-refractivity contribution >= 4 is 23.2 Å². The first kappa shape index (κ1) is 17.8. The molecule has 0 saturated carbocycles. The Balaban J connectivity index is 2.86. The van der Waals surface area contributed by atoms with Gasteiger partial charge in [0.1, 0.15) is 0 Å². The summed E-state index contributed by atoms with van der Waals surface area (Å²) < 4.78 is 0. The van der Waals surface area contributed by atoms with Crippen molar-refractivity contribution in [3.8, 4) is 0 Å². The Morgan fingerprint density at radius 3 is 2.40 bits per heavy atom. The van der Waals surface area contributed by atoms with E-state index in [2.05, 4.69) is 46.0 Å². The first-order chi connectivity index (χ1) is 9.24. The number of nitrogens with one attached hydrogen (secondary N) is 1. The van der Waals surface area contributed by atoms with Crippen molar-refractivity contribution in [2.45, 2.75) is 53.5 Å². The minimum atomic E-state index is 0.267. The summed E-state index contributed by atoms with van der Waals surface area (Å²) >= 11 is 12.5. The molecular formula is C17H27Cl2N. The first-order valence-electron chi connectivity index (χ1n) is 7.42. The zero-order valence-electron chi connectivity index (χ0n) is 13.3. The summed E-state index contributed by atoms with van der Waals surface area (Å²) in [4.78, 5) is 0. The highest BCUT2D eigenvalue weighted by Crippen LogP contribution is 2.35. The van der Waals surface area contributed by atoms with Gasteiger partial charge in [0.05, 0.1) is 10.0 Å². The van der Waals surface area contributed by atoms with Gasteiger partial charge in [-0.25, -0.2) is 0 Å². The molecule has 1 aromatic carbocycles. The molecule has 0 fully saturated rings. The molecule has 1 nitrogen and oxygen atoms in total. The van der Waals surface area contributed by atoms with E-state index in [-0.39, 0.29) is 6.04 Å². The molecule has 0 amide bonds. The molecule has 0 saturated heterocycles. The van der Waals surface area contributed by atoms with Crippen LogP contribution in [0.2, 0.25) is 10.0 Å². The number of rotatable bonds is 6. The Labute approximate surface area is 134 Å². The number of halogens is 2. The summed E-state index contributed by atoms with van der Waals surface area (Å²) in [6, 6.07) is 6.16. The van der Waals surface area contributed by atoms with Crippen LogP contribution in [0.1, 0.15) is 59.1 Å². The van der Waals surface area contributed by atoms with E-state index >= 15 is 0 Å². The van der Waals surface area contributed by atoms with Crippen LogP contribution in [0.25, 0.3) is 0 Å².